The Kier molecular flexibility index (Phi) is 6.45. The Balaban J connectivity index is 2.72. The standard InChI is InChI=1S/C7H15N/c1-3-4-5-6-7-8-2/h3-4,8H,5-7H2,1-2H3/b4-3+. The third kappa shape index (κ3) is 5.70. The van der Waals surface area contributed by atoms with E-state index in [9.17, 15) is 0 Å². The topological polar surface area (TPSA) is 12.0 Å². The summed E-state index contributed by atoms with van der Waals surface area (Å²) >= 11 is 0. The van der Waals surface area contributed by atoms with Crippen molar-refractivity contribution in [3.8, 4) is 0 Å². The number of hydrogen-bond acceptors (Lipinski definition) is 1. The Morgan fingerprint density at radius 3 is 2.75 bits per heavy atom. The van der Waals surface area contributed by atoms with Gasteiger partial charge in [0.15, 0.2) is 0 Å². The zero-order valence-corrected chi connectivity index (χ0v) is 5.78. The Hall–Kier alpha value is -0.300. The molecule has 0 aromatic heterocycles. The lowest BCUT2D eigenvalue weighted by Gasteiger charge is -1.91. The van der Waals surface area contributed by atoms with Crippen LogP contribution in [-0.2, 0) is 0 Å². The lowest BCUT2D eigenvalue weighted by atomic mass is 10.3. The monoisotopic (exact) mass is 113 g/mol. The maximum atomic E-state index is 3.09. The van der Waals surface area contributed by atoms with Crippen LogP contribution in [0, 0.1) is 0 Å². The van der Waals surface area contributed by atoms with Crippen molar-refractivity contribution in [1.82, 2.24) is 5.32 Å². The first-order valence-electron chi connectivity index (χ1n) is 3.17. The van der Waals surface area contributed by atoms with Gasteiger partial charge in [0, 0.05) is 0 Å². The van der Waals surface area contributed by atoms with E-state index in [4.69, 9.17) is 0 Å². The predicted molar refractivity (Wildman–Crippen MR) is 38.0 cm³/mol. The number of nitrogens with one attached hydrogen (secondary N) is 1. The molecule has 0 saturated carbocycles. The molecular formula is C7H15N. The second-order valence-electron chi connectivity index (χ2n) is 1.81. The third-order valence-corrected chi connectivity index (χ3v) is 1.03. The molecule has 0 saturated heterocycles. The van der Waals surface area contributed by atoms with Gasteiger partial charge >= 0.3 is 0 Å². The van der Waals surface area contributed by atoms with Crippen molar-refractivity contribution in [2.45, 2.75) is 19.8 Å². The summed E-state index contributed by atoms with van der Waals surface area (Å²) in [5.74, 6) is 0. The Morgan fingerprint density at radius 2 is 2.25 bits per heavy atom. The van der Waals surface area contributed by atoms with Crippen molar-refractivity contribution >= 4 is 0 Å². The molecule has 0 fully saturated rings. The van der Waals surface area contributed by atoms with Crippen molar-refractivity contribution < 1.29 is 0 Å². The third-order valence-electron chi connectivity index (χ3n) is 1.03. The van der Waals surface area contributed by atoms with E-state index < -0.39 is 0 Å². The summed E-state index contributed by atoms with van der Waals surface area (Å²) < 4.78 is 0. The van der Waals surface area contributed by atoms with E-state index in [0.717, 1.165) is 6.54 Å². The Morgan fingerprint density at radius 1 is 1.50 bits per heavy atom. The quantitative estimate of drug-likeness (QED) is 0.431. The highest BCUT2D eigenvalue weighted by molar-refractivity contribution is 4.76. The fraction of sp³-hybridized carbons (Fsp3) is 0.714. The lowest BCUT2D eigenvalue weighted by molar-refractivity contribution is 0.735. The predicted octanol–water partition coefficient (Wildman–Crippen LogP) is 1.56. The van der Waals surface area contributed by atoms with E-state index in [2.05, 4.69) is 24.4 Å². The number of unbranched alkanes of at least 4 members (excludes halogenated alkanes) is 1. The van der Waals surface area contributed by atoms with Crippen LogP contribution in [0.3, 0.4) is 0 Å². The molecule has 48 valence electrons. The summed E-state index contributed by atoms with van der Waals surface area (Å²) in [7, 11) is 1.98. The maximum absolute atomic E-state index is 3.09. The molecule has 8 heavy (non-hydrogen) atoms. The van der Waals surface area contributed by atoms with Gasteiger partial charge in [0.25, 0.3) is 0 Å². The van der Waals surface area contributed by atoms with Crippen LogP contribution in [0.4, 0.5) is 0 Å². The molecule has 0 aromatic carbocycles. The Labute approximate surface area is 51.8 Å². The lowest BCUT2D eigenvalue weighted by Crippen LogP contribution is -2.06. The summed E-state index contributed by atoms with van der Waals surface area (Å²) in [4.78, 5) is 0. The normalized spacial score (nSPS) is 10.8. The zero-order chi connectivity index (χ0) is 6.24. The number of hydrogen-bond donors (Lipinski definition) is 1. The second-order valence-corrected chi connectivity index (χ2v) is 1.81. The van der Waals surface area contributed by atoms with Crippen molar-refractivity contribution in [3.05, 3.63) is 12.2 Å². The molecule has 0 aliphatic rings. The summed E-state index contributed by atoms with van der Waals surface area (Å²) in [5.41, 5.74) is 0. The van der Waals surface area contributed by atoms with Gasteiger partial charge < -0.3 is 5.32 Å². The van der Waals surface area contributed by atoms with E-state index in [-0.39, 0.29) is 0 Å². The van der Waals surface area contributed by atoms with Gasteiger partial charge in [-0.3, -0.25) is 0 Å². The summed E-state index contributed by atoms with van der Waals surface area (Å²) in [5, 5.41) is 3.09. The highest BCUT2D eigenvalue weighted by atomic mass is 14.8. The molecule has 0 spiro atoms. The fourth-order valence-electron chi connectivity index (χ4n) is 0.563. The van der Waals surface area contributed by atoms with Crippen LogP contribution in [-0.4, -0.2) is 13.6 Å². The highest BCUT2D eigenvalue weighted by Gasteiger charge is 1.77. The first-order valence-corrected chi connectivity index (χ1v) is 3.17. The minimum absolute atomic E-state index is 1.13. The van der Waals surface area contributed by atoms with Gasteiger partial charge in [0.2, 0.25) is 0 Å². The first kappa shape index (κ1) is 7.70. The van der Waals surface area contributed by atoms with Gasteiger partial charge in [-0.2, -0.15) is 0 Å². The molecule has 0 heterocycles. The SMILES string of the molecule is C/C=C/CCCNC. The average Bonchev–Trinajstić information content (AvgIpc) is 1.81. The van der Waals surface area contributed by atoms with E-state index in [1.807, 2.05) is 7.05 Å². The van der Waals surface area contributed by atoms with Crippen LogP contribution >= 0.6 is 0 Å². The van der Waals surface area contributed by atoms with E-state index in [0.29, 0.717) is 0 Å². The molecule has 0 aliphatic carbocycles. The van der Waals surface area contributed by atoms with Crippen LogP contribution in [0.2, 0.25) is 0 Å². The summed E-state index contributed by atoms with van der Waals surface area (Å²) in [6.45, 7) is 3.18. The number of rotatable bonds is 4. The van der Waals surface area contributed by atoms with Crippen LogP contribution in [0.25, 0.3) is 0 Å². The number of allylic oxidation sites excluding steroid dienone is 2. The molecule has 0 aliphatic heterocycles. The highest BCUT2D eigenvalue weighted by Crippen LogP contribution is 1.86. The Bertz CT molecular complexity index is 57.4. The van der Waals surface area contributed by atoms with Crippen LogP contribution in [0.1, 0.15) is 19.8 Å². The molecule has 0 rings (SSSR count). The molecule has 0 bridgehead atoms. The van der Waals surface area contributed by atoms with Crippen LogP contribution in [0.5, 0.6) is 0 Å². The smallest absolute Gasteiger partial charge is 0.00490 e. The molecule has 0 atom stereocenters. The first-order chi connectivity index (χ1) is 3.91. The van der Waals surface area contributed by atoms with Crippen molar-refractivity contribution in [2.75, 3.05) is 13.6 Å². The second kappa shape index (κ2) is 6.70. The summed E-state index contributed by atoms with van der Waals surface area (Å²) in [6.07, 6.45) is 6.74. The molecular weight excluding hydrogens is 98.1 g/mol. The van der Waals surface area contributed by atoms with Crippen LogP contribution in [0.15, 0.2) is 12.2 Å². The van der Waals surface area contributed by atoms with Gasteiger partial charge in [-0.05, 0) is 33.4 Å². The van der Waals surface area contributed by atoms with Crippen molar-refractivity contribution in [2.24, 2.45) is 0 Å². The molecule has 0 unspecified atom stereocenters. The van der Waals surface area contributed by atoms with Crippen LogP contribution < -0.4 is 5.32 Å². The van der Waals surface area contributed by atoms with Crippen molar-refractivity contribution in [3.63, 3.8) is 0 Å². The summed E-state index contributed by atoms with van der Waals surface area (Å²) in [6, 6.07) is 0. The minimum Gasteiger partial charge on any atom is -0.320 e. The van der Waals surface area contributed by atoms with Crippen molar-refractivity contribution in [1.29, 1.82) is 0 Å². The molecule has 1 nitrogen and oxygen atoms in total. The molecule has 0 radical (unpaired) electrons. The molecule has 1 N–H and O–H groups in total. The van der Waals surface area contributed by atoms with Gasteiger partial charge in [-0.15, -0.1) is 0 Å². The van der Waals surface area contributed by atoms with E-state index in [1.54, 1.807) is 0 Å². The van der Waals surface area contributed by atoms with Gasteiger partial charge in [0.1, 0.15) is 0 Å². The van der Waals surface area contributed by atoms with Gasteiger partial charge in [-0.1, -0.05) is 12.2 Å². The zero-order valence-electron chi connectivity index (χ0n) is 5.78. The maximum Gasteiger partial charge on any atom is -0.00490 e. The average molecular weight is 113 g/mol. The molecule has 0 aromatic rings. The molecule has 1 heteroatoms. The molecule has 0 amide bonds. The fourth-order valence-corrected chi connectivity index (χ4v) is 0.563. The largest absolute Gasteiger partial charge is 0.320 e. The van der Waals surface area contributed by atoms with E-state index in [1.165, 1.54) is 12.8 Å². The van der Waals surface area contributed by atoms with E-state index >= 15 is 0 Å². The minimum atomic E-state index is 1.13. The van der Waals surface area contributed by atoms with Gasteiger partial charge in [0.05, 0.1) is 0 Å². The van der Waals surface area contributed by atoms with Gasteiger partial charge in [-0.25, -0.2) is 0 Å².